The van der Waals surface area contributed by atoms with Crippen LogP contribution in [0.2, 0.25) is 0 Å². The first kappa shape index (κ1) is 17.1. The predicted octanol–water partition coefficient (Wildman–Crippen LogP) is 3.45. The monoisotopic (exact) mass is 340 g/mol. The lowest BCUT2D eigenvalue weighted by Gasteiger charge is -2.20. The van der Waals surface area contributed by atoms with Gasteiger partial charge in [-0.05, 0) is 35.6 Å². The van der Waals surface area contributed by atoms with Crippen LogP contribution in [0.5, 0.6) is 11.5 Å². The van der Waals surface area contributed by atoms with Crippen molar-refractivity contribution in [2.45, 2.75) is 25.8 Å². The number of hydrogen-bond donors (Lipinski definition) is 2. The van der Waals surface area contributed by atoms with Crippen molar-refractivity contribution in [2.75, 3.05) is 19.8 Å². The van der Waals surface area contributed by atoms with Gasteiger partial charge in [-0.1, -0.05) is 43.3 Å². The van der Waals surface area contributed by atoms with Crippen LogP contribution in [0, 0.1) is 0 Å². The second-order valence-electron chi connectivity index (χ2n) is 6.19. The summed E-state index contributed by atoms with van der Waals surface area (Å²) in [5, 5.41) is 5.78. The third kappa shape index (κ3) is 4.89. The molecule has 0 bridgehead atoms. The van der Waals surface area contributed by atoms with Gasteiger partial charge in [-0.25, -0.2) is 4.79 Å². The number of nitrogens with one attached hydrogen (secondary N) is 2. The van der Waals surface area contributed by atoms with E-state index in [1.165, 1.54) is 5.56 Å². The Hall–Kier alpha value is -2.69. The van der Waals surface area contributed by atoms with Crippen LogP contribution in [0.3, 0.4) is 0 Å². The first-order valence-electron chi connectivity index (χ1n) is 8.67. The van der Waals surface area contributed by atoms with Crippen molar-refractivity contribution < 1.29 is 14.3 Å². The van der Waals surface area contributed by atoms with Gasteiger partial charge in [0.25, 0.3) is 0 Å². The highest BCUT2D eigenvalue weighted by Gasteiger charge is 2.14. The molecule has 1 aliphatic rings. The van der Waals surface area contributed by atoms with Crippen molar-refractivity contribution in [3.8, 4) is 11.5 Å². The first-order valence-corrected chi connectivity index (χ1v) is 8.67. The molecule has 1 atom stereocenters. The number of ether oxygens (including phenoxy) is 2. The zero-order chi connectivity index (χ0) is 17.5. The molecule has 1 aliphatic heterocycles. The molecule has 0 saturated heterocycles. The summed E-state index contributed by atoms with van der Waals surface area (Å²) >= 11 is 0. The minimum absolute atomic E-state index is 0.141. The molecular weight excluding hydrogens is 316 g/mol. The Morgan fingerprint density at radius 1 is 1.04 bits per heavy atom. The van der Waals surface area contributed by atoms with E-state index >= 15 is 0 Å². The van der Waals surface area contributed by atoms with E-state index in [0.717, 1.165) is 23.5 Å². The molecule has 3 rings (SSSR count). The van der Waals surface area contributed by atoms with Crippen LogP contribution >= 0.6 is 0 Å². The SMILES string of the molecule is CC(CCNC(=O)NCc1ccccc1)c1ccc2c(c1)OCCO2. The molecule has 5 nitrogen and oxygen atoms in total. The summed E-state index contributed by atoms with van der Waals surface area (Å²) in [5.74, 6) is 1.94. The van der Waals surface area contributed by atoms with Gasteiger partial charge in [-0.15, -0.1) is 0 Å². The second-order valence-corrected chi connectivity index (χ2v) is 6.19. The number of carbonyl (C=O) groups is 1. The van der Waals surface area contributed by atoms with Crippen LogP contribution in [0.15, 0.2) is 48.5 Å². The molecule has 0 saturated carbocycles. The molecule has 2 amide bonds. The van der Waals surface area contributed by atoms with E-state index in [0.29, 0.717) is 32.2 Å². The molecule has 5 heteroatoms. The summed E-state index contributed by atoms with van der Waals surface area (Å²) in [7, 11) is 0. The lowest BCUT2D eigenvalue weighted by atomic mass is 9.97. The minimum atomic E-state index is -0.141. The normalized spacial score (nSPS) is 13.8. The van der Waals surface area contributed by atoms with Crippen molar-refractivity contribution in [2.24, 2.45) is 0 Å². The number of urea groups is 1. The van der Waals surface area contributed by atoms with Crippen molar-refractivity contribution in [3.63, 3.8) is 0 Å². The smallest absolute Gasteiger partial charge is 0.315 e. The van der Waals surface area contributed by atoms with Gasteiger partial charge in [0.05, 0.1) is 0 Å². The molecule has 132 valence electrons. The first-order chi connectivity index (χ1) is 12.2. The zero-order valence-electron chi connectivity index (χ0n) is 14.5. The molecule has 25 heavy (non-hydrogen) atoms. The standard InChI is InChI=1S/C20H24N2O3/c1-15(17-7-8-18-19(13-17)25-12-11-24-18)9-10-21-20(23)22-14-16-5-3-2-4-6-16/h2-8,13,15H,9-12,14H2,1H3,(H2,21,22,23). The largest absolute Gasteiger partial charge is 0.486 e. The highest BCUT2D eigenvalue weighted by Crippen LogP contribution is 2.33. The van der Waals surface area contributed by atoms with Crippen LogP contribution in [0.1, 0.15) is 30.4 Å². The van der Waals surface area contributed by atoms with E-state index < -0.39 is 0 Å². The number of fused-ring (bicyclic) bond motifs is 1. The van der Waals surface area contributed by atoms with Crippen LogP contribution in [-0.4, -0.2) is 25.8 Å². The molecule has 1 heterocycles. The maximum absolute atomic E-state index is 11.9. The van der Waals surface area contributed by atoms with Gasteiger partial charge in [0.2, 0.25) is 0 Å². The van der Waals surface area contributed by atoms with E-state index in [-0.39, 0.29) is 6.03 Å². The molecule has 2 aromatic rings. The van der Waals surface area contributed by atoms with Crippen LogP contribution in [0.25, 0.3) is 0 Å². The summed E-state index contributed by atoms with van der Waals surface area (Å²) in [6, 6.07) is 15.8. The summed E-state index contributed by atoms with van der Waals surface area (Å²) < 4.78 is 11.2. The zero-order valence-corrected chi connectivity index (χ0v) is 14.5. The van der Waals surface area contributed by atoms with Gasteiger partial charge in [-0.2, -0.15) is 0 Å². The lowest BCUT2D eigenvalue weighted by molar-refractivity contribution is 0.171. The molecule has 1 unspecified atom stereocenters. The van der Waals surface area contributed by atoms with Crippen LogP contribution in [0.4, 0.5) is 4.79 Å². The van der Waals surface area contributed by atoms with E-state index in [2.05, 4.69) is 23.6 Å². The molecule has 2 aromatic carbocycles. The second kappa shape index (κ2) is 8.42. The average Bonchev–Trinajstić information content (AvgIpc) is 2.66. The Bertz CT molecular complexity index is 703. The quantitative estimate of drug-likeness (QED) is 0.847. The van der Waals surface area contributed by atoms with Gasteiger partial charge in [0, 0.05) is 13.1 Å². The molecule has 0 aliphatic carbocycles. The third-order valence-corrected chi connectivity index (χ3v) is 4.29. The maximum Gasteiger partial charge on any atom is 0.315 e. The molecule has 0 radical (unpaired) electrons. The number of benzene rings is 2. The van der Waals surface area contributed by atoms with Crippen LogP contribution in [-0.2, 0) is 6.54 Å². The number of amides is 2. The fourth-order valence-corrected chi connectivity index (χ4v) is 2.78. The van der Waals surface area contributed by atoms with Gasteiger partial charge < -0.3 is 20.1 Å². The molecule has 0 spiro atoms. The van der Waals surface area contributed by atoms with Gasteiger partial charge in [0.15, 0.2) is 11.5 Å². The predicted molar refractivity (Wildman–Crippen MR) is 97.1 cm³/mol. The highest BCUT2D eigenvalue weighted by molar-refractivity contribution is 5.73. The maximum atomic E-state index is 11.9. The van der Waals surface area contributed by atoms with E-state index in [1.54, 1.807) is 0 Å². The topological polar surface area (TPSA) is 59.6 Å². The van der Waals surface area contributed by atoms with E-state index in [9.17, 15) is 4.79 Å². The van der Waals surface area contributed by atoms with Crippen LogP contribution < -0.4 is 20.1 Å². The molecular formula is C20H24N2O3. The Morgan fingerprint density at radius 3 is 2.60 bits per heavy atom. The van der Waals surface area contributed by atoms with Gasteiger partial charge >= 0.3 is 6.03 Å². The summed E-state index contributed by atoms with van der Waals surface area (Å²) in [6.07, 6.45) is 0.860. The Morgan fingerprint density at radius 2 is 1.80 bits per heavy atom. The van der Waals surface area contributed by atoms with Crippen molar-refractivity contribution in [1.82, 2.24) is 10.6 Å². The number of rotatable bonds is 6. The van der Waals surface area contributed by atoms with E-state index in [4.69, 9.17) is 9.47 Å². The lowest BCUT2D eigenvalue weighted by Crippen LogP contribution is -2.35. The van der Waals surface area contributed by atoms with Crippen molar-refractivity contribution in [1.29, 1.82) is 0 Å². The van der Waals surface area contributed by atoms with Gasteiger partial charge in [0.1, 0.15) is 13.2 Å². The molecule has 0 aromatic heterocycles. The summed E-state index contributed by atoms with van der Waals surface area (Å²) in [6.45, 7) is 4.49. The molecule has 0 fully saturated rings. The summed E-state index contributed by atoms with van der Waals surface area (Å²) in [4.78, 5) is 11.9. The average molecular weight is 340 g/mol. The minimum Gasteiger partial charge on any atom is -0.486 e. The van der Waals surface area contributed by atoms with Crippen molar-refractivity contribution >= 4 is 6.03 Å². The Balaban J connectivity index is 1.41. The van der Waals surface area contributed by atoms with Crippen molar-refractivity contribution in [3.05, 3.63) is 59.7 Å². The number of hydrogen-bond acceptors (Lipinski definition) is 3. The fourth-order valence-electron chi connectivity index (χ4n) is 2.78. The Labute approximate surface area is 148 Å². The number of carbonyl (C=O) groups excluding carboxylic acids is 1. The third-order valence-electron chi connectivity index (χ3n) is 4.29. The molecule has 2 N–H and O–H groups in total. The van der Waals surface area contributed by atoms with E-state index in [1.807, 2.05) is 42.5 Å². The summed E-state index contributed by atoms with van der Waals surface area (Å²) in [5.41, 5.74) is 2.28. The van der Waals surface area contributed by atoms with Gasteiger partial charge in [-0.3, -0.25) is 0 Å². The highest BCUT2D eigenvalue weighted by atomic mass is 16.6. The Kier molecular flexibility index (Phi) is 5.77. The fraction of sp³-hybridized carbons (Fsp3) is 0.350.